The number of hydrogen-bond donors (Lipinski definition) is 2. The number of halogens is 2. The fourth-order valence-corrected chi connectivity index (χ4v) is 3.30. The average molecular weight is 343 g/mol. The largest absolute Gasteiger partial charge is 0.361 e. The summed E-state index contributed by atoms with van der Waals surface area (Å²) in [5, 5.41) is 4.50. The number of hydrogen-bond acceptors (Lipinski definition) is 1. The second-order valence-corrected chi connectivity index (χ2v) is 6.80. The maximum absolute atomic E-state index is 13.6. The van der Waals surface area contributed by atoms with E-state index >= 15 is 0 Å². The minimum Gasteiger partial charge on any atom is -0.361 e. The molecule has 2 aromatic carbocycles. The van der Waals surface area contributed by atoms with Crippen LogP contribution >= 0.6 is 11.6 Å². The summed E-state index contributed by atoms with van der Waals surface area (Å²) in [5.41, 5.74) is 2.48. The van der Waals surface area contributed by atoms with Gasteiger partial charge in [0.15, 0.2) is 0 Å². The summed E-state index contributed by atoms with van der Waals surface area (Å²) < 4.78 is 13.6. The number of H-pyrrole nitrogens is 1. The molecule has 0 saturated heterocycles. The van der Waals surface area contributed by atoms with Gasteiger partial charge in [-0.15, -0.1) is 0 Å². The molecular weight excluding hydrogens is 327 g/mol. The molecule has 1 aliphatic carbocycles. The van der Waals surface area contributed by atoms with Crippen LogP contribution in [0, 0.1) is 5.82 Å². The topological polar surface area (TPSA) is 44.9 Å². The van der Waals surface area contributed by atoms with E-state index in [1.54, 1.807) is 36.4 Å². The Morgan fingerprint density at radius 2 is 1.96 bits per heavy atom. The number of aromatic amines is 1. The second-order valence-electron chi connectivity index (χ2n) is 6.36. The van der Waals surface area contributed by atoms with Crippen molar-refractivity contribution in [1.82, 2.24) is 10.3 Å². The number of fused-ring (bicyclic) bond motifs is 1. The van der Waals surface area contributed by atoms with Gasteiger partial charge in [-0.05, 0) is 60.9 Å². The van der Waals surface area contributed by atoms with Crippen molar-refractivity contribution < 1.29 is 9.18 Å². The van der Waals surface area contributed by atoms with Gasteiger partial charge in [-0.25, -0.2) is 4.39 Å². The second kappa shape index (κ2) is 5.64. The van der Waals surface area contributed by atoms with Crippen molar-refractivity contribution >= 4 is 28.4 Å². The lowest BCUT2D eigenvalue weighted by molar-refractivity contribution is 0.0949. The molecule has 0 spiro atoms. The zero-order valence-electron chi connectivity index (χ0n) is 12.9. The van der Waals surface area contributed by atoms with Gasteiger partial charge in [0, 0.05) is 39.6 Å². The van der Waals surface area contributed by atoms with Crippen LogP contribution in [0.3, 0.4) is 0 Å². The van der Waals surface area contributed by atoms with Crippen molar-refractivity contribution in [3.63, 3.8) is 0 Å². The first-order chi connectivity index (χ1) is 11.6. The zero-order chi connectivity index (χ0) is 16.7. The van der Waals surface area contributed by atoms with Gasteiger partial charge in [0.1, 0.15) is 5.82 Å². The average Bonchev–Trinajstić information content (AvgIpc) is 3.25. The summed E-state index contributed by atoms with van der Waals surface area (Å²) in [7, 11) is 0. The highest BCUT2D eigenvalue weighted by Crippen LogP contribution is 2.50. The SMILES string of the molecule is O=C(NCC1(c2c[nH]c3ccc(F)cc23)CC1)c1ccc(Cl)cc1. The predicted molar refractivity (Wildman–Crippen MR) is 93.0 cm³/mol. The fourth-order valence-electron chi connectivity index (χ4n) is 3.18. The van der Waals surface area contributed by atoms with Gasteiger partial charge >= 0.3 is 0 Å². The standard InChI is InChI=1S/C19H16ClFN2O/c20-13-3-1-12(2-4-13)18(24)23-11-19(7-8-19)16-10-22-17-6-5-14(21)9-15(16)17/h1-6,9-10,22H,7-8,11H2,(H,23,24). The molecule has 5 heteroatoms. The van der Waals surface area contributed by atoms with E-state index in [1.807, 2.05) is 6.20 Å². The van der Waals surface area contributed by atoms with Crippen LogP contribution in [0.15, 0.2) is 48.7 Å². The van der Waals surface area contributed by atoms with Crippen LogP contribution in [0.1, 0.15) is 28.8 Å². The van der Waals surface area contributed by atoms with E-state index in [-0.39, 0.29) is 17.1 Å². The van der Waals surface area contributed by atoms with Crippen molar-refractivity contribution in [2.45, 2.75) is 18.3 Å². The number of benzene rings is 2. The Kier molecular flexibility index (Phi) is 3.57. The normalized spacial score (nSPS) is 15.4. The van der Waals surface area contributed by atoms with Crippen LogP contribution < -0.4 is 5.32 Å². The third kappa shape index (κ3) is 2.67. The first-order valence-electron chi connectivity index (χ1n) is 7.88. The van der Waals surface area contributed by atoms with Crippen LogP contribution in [0.5, 0.6) is 0 Å². The summed E-state index contributed by atoms with van der Waals surface area (Å²) in [6, 6.07) is 11.6. The molecule has 0 atom stereocenters. The molecule has 0 radical (unpaired) electrons. The Morgan fingerprint density at radius 1 is 1.21 bits per heavy atom. The van der Waals surface area contributed by atoms with E-state index in [1.165, 1.54) is 6.07 Å². The van der Waals surface area contributed by atoms with Crippen molar-refractivity contribution in [1.29, 1.82) is 0 Å². The van der Waals surface area contributed by atoms with Gasteiger partial charge in [-0.1, -0.05) is 11.6 Å². The molecule has 0 aliphatic heterocycles. The Labute approximate surface area is 143 Å². The molecule has 122 valence electrons. The molecule has 1 saturated carbocycles. The maximum atomic E-state index is 13.6. The van der Waals surface area contributed by atoms with Crippen molar-refractivity contribution in [3.05, 3.63) is 70.6 Å². The van der Waals surface area contributed by atoms with Gasteiger partial charge in [-0.2, -0.15) is 0 Å². The smallest absolute Gasteiger partial charge is 0.251 e. The molecule has 24 heavy (non-hydrogen) atoms. The first-order valence-corrected chi connectivity index (χ1v) is 8.26. The van der Waals surface area contributed by atoms with E-state index in [4.69, 9.17) is 11.6 Å². The number of nitrogens with one attached hydrogen (secondary N) is 2. The highest BCUT2D eigenvalue weighted by Gasteiger charge is 2.45. The highest BCUT2D eigenvalue weighted by molar-refractivity contribution is 6.30. The predicted octanol–water partition coefficient (Wildman–Crippen LogP) is 4.42. The van der Waals surface area contributed by atoms with Gasteiger partial charge in [0.2, 0.25) is 0 Å². The number of rotatable bonds is 4. The van der Waals surface area contributed by atoms with Gasteiger partial charge < -0.3 is 10.3 Å². The molecule has 4 rings (SSSR count). The third-order valence-corrected chi connectivity index (χ3v) is 5.01. The minimum atomic E-state index is -0.246. The molecule has 2 N–H and O–H groups in total. The van der Waals surface area contributed by atoms with Crippen molar-refractivity contribution in [3.8, 4) is 0 Å². The number of carbonyl (C=O) groups excluding carboxylic acids is 1. The summed E-state index contributed by atoms with van der Waals surface area (Å²) in [6.07, 6.45) is 3.90. The van der Waals surface area contributed by atoms with Crippen LogP contribution in [0.25, 0.3) is 10.9 Å². The lowest BCUT2D eigenvalue weighted by atomic mass is 9.95. The van der Waals surface area contributed by atoms with Gasteiger partial charge in [0.05, 0.1) is 0 Å². The lowest BCUT2D eigenvalue weighted by Crippen LogP contribution is -2.32. The summed E-state index contributed by atoms with van der Waals surface area (Å²) in [4.78, 5) is 15.5. The van der Waals surface area contributed by atoms with E-state index in [2.05, 4.69) is 10.3 Å². The van der Waals surface area contributed by atoms with Crippen LogP contribution in [0.2, 0.25) is 5.02 Å². The fraction of sp³-hybridized carbons (Fsp3) is 0.211. The first kappa shape index (κ1) is 15.2. The third-order valence-electron chi connectivity index (χ3n) is 4.76. The summed E-state index contributed by atoms with van der Waals surface area (Å²) >= 11 is 5.85. The van der Waals surface area contributed by atoms with Gasteiger partial charge in [-0.3, -0.25) is 4.79 Å². The molecule has 1 amide bonds. The summed E-state index contributed by atoms with van der Waals surface area (Å²) in [6.45, 7) is 0.540. The molecule has 0 unspecified atom stereocenters. The van der Waals surface area contributed by atoms with E-state index in [0.29, 0.717) is 17.1 Å². The lowest BCUT2D eigenvalue weighted by Gasteiger charge is -2.16. The molecule has 1 heterocycles. The summed E-state index contributed by atoms with van der Waals surface area (Å²) in [5.74, 6) is -0.367. The number of amides is 1. The monoisotopic (exact) mass is 342 g/mol. The van der Waals surface area contributed by atoms with Gasteiger partial charge in [0.25, 0.3) is 5.91 Å². The molecule has 0 bridgehead atoms. The molecule has 3 nitrogen and oxygen atoms in total. The molecule has 1 aromatic heterocycles. The molecular formula is C19H16ClFN2O. The van der Waals surface area contributed by atoms with Crippen molar-refractivity contribution in [2.75, 3.05) is 6.54 Å². The highest BCUT2D eigenvalue weighted by atomic mass is 35.5. The molecule has 1 fully saturated rings. The number of aromatic nitrogens is 1. The number of carbonyl (C=O) groups is 1. The Bertz CT molecular complexity index is 913. The molecule has 3 aromatic rings. The van der Waals surface area contributed by atoms with Crippen LogP contribution in [0.4, 0.5) is 4.39 Å². The van der Waals surface area contributed by atoms with Crippen LogP contribution in [-0.4, -0.2) is 17.4 Å². The Balaban J connectivity index is 1.54. The van der Waals surface area contributed by atoms with Crippen LogP contribution in [-0.2, 0) is 5.41 Å². The quantitative estimate of drug-likeness (QED) is 0.724. The van der Waals surface area contributed by atoms with Crippen molar-refractivity contribution in [2.24, 2.45) is 0 Å². The van der Waals surface area contributed by atoms with E-state index in [0.717, 1.165) is 29.3 Å². The van der Waals surface area contributed by atoms with E-state index in [9.17, 15) is 9.18 Å². The van der Waals surface area contributed by atoms with E-state index < -0.39 is 0 Å². The Hall–Kier alpha value is -2.33. The zero-order valence-corrected chi connectivity index (χ0v) is 13.7. The molecule has 1 aliphatic rings. The minimum absolute atomic E-state index is 0.103. The maximum Gasteiger partial charge on any atom is 0.251 e. The Morgan fingerprint density at radius 3 is 2.67 bits per heavy atom.